The molecule has 0 atom stereocenters. The fourth-order valence-corrected chi connectivity index (χ4v) is 5.33. The number of aromatic nitrogens is 2. The van der Waals surface area contributed by atoms with Crippen LogP contribution in [-0.4, -0.2) is 29.2 Å². The first-order chi connectivity index (χ1) is 20.1. The summed E-state index contributed by atoms with van der Waals surface area (Å²) in [7, 11) is 1.62. The van der Waals surface area contributed by atoms with E-state index in [1.165, 1.54) is 11.3 Å². The average Bonchev–Trinajstić information content (AvgIpc) is 3.62. The van der Waals surface area contributed by atoms with Gasteiger partial charge < -0.3 is 18.9 Å². The fourth-order valence-electron chi connectivity index (χ4n) is 4.40. The van der Waals surface area contributed by atoms with E-state index in [1.807, 2.05) is 94.9 Å². The standard InChI is InChI=1S/C33H32N2O5S/c1-4-25-22-41-32(34-25)28-30(39-20-23-12-8-6-9-13-23)31(40-21-24-14-10-7-11-15-24)29(33(36)38-5-2)35(28)26-16-18-27(37-3)19-17-26/h6-19,22H,4-5,20-21H2,1-3H3. The highest BCUT2D eigenvalue weighted by Crippen LogP contribution is 2.47. The maximum Gasteiger partial charge on any atom is 0.359 e. The molecule has 0 radical (unpaired) electrons. The maximum absolute atomic E-state index is 13.7. The summed E-state index contributed by atoms with van der Waals surface area (Å²) < 4.78 is 25.8. The highest BCUT2D eigenvalue weighted by Gasteiger charge is 2.34. The average molecular weight is 569 g/mol. The van der Waals surface area contributed by atoms with Gasteiger partial charge in [-0.1, -0.05) is 67.6 Å². The number of aryl methyl sites for hydroxylation is 1. The number of rotatable bonds is 12. The first-order valence-corrected chi connectivity index (χ1v) is 14.4. The van der Waals surface area contributed by atoms with Crippen molar-refractivity contribution in [2.24, 2.45) is 0 Å². The topological polar surface area (TPSA) is 71.8 Å². The number of carbonyl (C=O) groups is 1. The molecule has 0 aliphatic carbocycles. The lowest BCUT2D eigenvalue weighted by atomic mass is 10.2. The van der Waals surface area contributed by atoms with Gasteiger partial charge in [0.25, 0.3) is 0 Å². The number of benzene rings is 3. The van der Waals surface area contributed by atoms with Gasteiger partial charge in [0.15, 0.2) is 17.2 Å². The van der Waals surface area contributed by atoms with Crippen LogP contribution in [-0.2, 0) is 24.4 Å². The summed E-state index contributed by atoms with van der Waals surface area (Å²) in [4.78, 5) is 18.6. The summed E-state index contributed by atoms with van der Waals surface area (Å²) in [5.74, 6) is 0.918. The van der Waals surface area contributed by atoms with E-state index in [1.54, 1.807) is 14.0 Å². The molecule has 41 heavy (non-hydrogen) atoms. The van der Waals surface area contributed by atoms with E-state index in [2.05, 4.69) is 6.92 Å². The predicted octanol–water partition coefficient (Wildman–Crippen LogP) is 7.51. The molecular weight excluding hydrogens is 536 g/mol. The van der Waals surface area contributed by atoms with Gasteiger partial charge in [0.05, 0.1) is 19.4 Å². The summed E-state index contributed by atoms with van der Waals surface area (Å²) in [5.41, 5.74) is 4.47. The Morgan fingerprint density at radius 1 is 0.829 bits per heavy atom. The summed E-state index contributed by atoms with van der Waals surface area (Å²) in [6, 6.07) is 27.2. The Bertz CT molecular complexity index is 1580. The van der Waals surface area contributed by atoms with Crippen molar-refractivity contribution in [2.75, 3.05) is 13.7 Å². The molecule has 0 unspecified atom stereocenters. The lowest BCUT2D eigenvalue weighted by molar-refractivity contribution is 0.0511. The van der Waals surface area contributed by atoms with Gasteiger partial charge in [-0.25, -0.2) is 9.78 Å². The minimum atomic E-state index is -0.519. The van der Waals surface area contributed by atoms with E-state index >= 15 is 0 Å². The molecule has 0 amide bonds. The zero-order valence-electron chi connectivity index (χ0n) is 23.3. The molecule has 0 aliphatic rings. The molecule has 0 saturated carbocycles. The second-order valence-electron chi connectivity index (χ2n) is 9.16. The molecule has 210 valence electrons. The van der Waals surface area contributed by atoms with Gasteiger partial charge in [0, 0.05) is 11.1 Å². The summed E-state index contributed by atoms with van der Waals surface area (Å²) in [6.07, 6.45) is 0.780. The van der Waals surface area contributed by atoms with Crippen molar-refractivity contribution in [3.05, 3.63) is 113 Å². The molecule has 0 spiro atoms. The zero-order valence-corrected chi connectivity index (χ0v) is 24.1. The van der Waals surface area contributed by atoms with E-state index in [-0.39, 0.29) is 25.5 Å². The summed E-state index contributed by atoms with van der Waals surface area (Å²) in [6.45, 7) is 4.56. The van der Waals surface area contributed by atoms with Gasteiger partial charge in [-0.05, 0) is 48.7 Å². The number of thiazole rings is 1. The van der Waals surface area contributed by atoms with Crippen LogP contribution >= 0.6 is 11.3 Å². The molecule has 0 aliphatic heterocycles. The van der Waals surface area contributed by atoms with Gasteiger partial charge in [-0.15, -0.1) is 11.3 Å². The van der Waals surface area contributed by atoms with E-state index < -0.39 is 5.97 Å². The number of hydrogen-bond donors (Lipinski definition) is 0. The van der Waals surface area contributed by atoms with Crippen LogP contribution in [0.15, 0.2) is 90.3 Å². The van der Waals surface area contributed by atoms with Crippen molar-refractivity contribution in [3.63, 3.8) is 0 Å². The third-order valence-electron chi connectivity index (χ3n) is 6.45. The molecule has 0 fully saturated rings. The van der Waals surface area contributed by atoms with Crippen LogP contribution in [0.5, 0.6) is 17.2 Å². The summed E-state index contributed by atoms with van der Waals surface area (Å²) in [5, 5.41) is 2.73. The largest absolute Gasteiger partial charge is 0.497 e. The minimum Gasteiger partial charge on any atom is -0.497 e. The predicted molar refractivity (Wildman–Crippen MR) is 160 cm³/mol. The lowest BCUT2D eigenvalue weighted by Crippen LogP contribution is -2.13. The number of methoxy groups -OCH3 is 1. The number of esters is 1. The third kappa shape index (κ3) is 6.28. The quantitative estimate of drug-likeness (QED) is 0.145. The second kappa shape index (κ2) is 13.2. The van der Waals surface area contributed by atoms with Crippen molar-refractivity contribution in [1.82, 2.24) is 9.55 Å². The van der Waals surface area contributed by atoms with Gasteiger partial charge in [-0.2, -0.15) is 0 Å². The molecule has 7 nitrogen and oxygen atoms in total. The van der Waals surface area contributed by atoms with Crippen LogP contribution < -0.4 is 14.2 Å². The SMILES string of the molecule is CCOC(=O)c1c(OCc2ccccc2)c(OCc2ccccc2)c(-c2nc(CC)cs2)n1-c1ccc(OC)cc1. The fraction of sp³-hybridized carbons (Fsp3) is 0.212. The third-order valence-corrected chi connectivity index (χ3v) is 7.35. The molecular formula is C33H32N2O5S. The molecule has 8 heteroatoms. The monoisotopic (exact) mass is 568 g/mol. The molecule has 5 rings (SSSR count). The molecule has 2 heterocycles. The first kappa shape index (κ1) is 28.0. The van der Waals surface area contributed by atoms with Crippen LogP contribution in [0.2, 0.25) is 0 Å². The van der Waals surface area contributed by atoms with Crippen LogP contribution in [0.1, 0.15) is 41.2 Å². The van der Waals surface area contributed by atoms with E-state index in [9.17, 15) is 4.79 Å². The summed E-state index contributed by atoms with van der Waals surface area (Å²) >= 11 is 1.50. The van der Waals surface area contributed by atoms with Crippen LogP contribution in [0.4, 0.5) is 0 Å². The van der Waals surface area contributed by atoms with Crippen molar-refractivity contribution >= 4 is 17.3 Å². The van der Waals surface area contributed by atoms with Crippen molar-refractivity contribution in [1.29, 1.82) is 0 Å². The smallest absolute Gasteiger partial charge is 0.359 e. The lowest BCUT2D eigenvalue weighted by Gasteiger charge is -2.13. The Kier molecular flexibility index (Phi) is 9.01. The Morgan fingerprint density at radius 2 is 1.44 bits per heavy atom. The van der Waals surface area contributed by atoms with Crippen molar-refractivity contribution < 1.29 is 23.7 Å². The minimum absolute atomic E-state index is 0.206. The van der Waals surface area contributed by atoms with Gasteiger partial charge in [0.2, 0.25) is 0 Å². The van der Waals surface area contributed by atoms with E-state index in [0.717, 1.165) is 28.9 Å². The Morgan fingerprint density at radius 3 is 1.98 bits per heavy atom. The zero-order chi connectivity index (χ0) is 28.6. The van der Waals surface area contributed by atoms with Crippen LogP contribution in [0.3, 0.4) is 0 Å². The van der Waals surface area contributed by atoms with Crippen LogP contribution in [0, 0.1) is 0 Å². The number of nitrogens with zero attached hydrogens (tertiary/aromatic N) is 2. The Hall–Kier alpha value is -4.56. The Labute approximate surface area is 243 Å². The first-order valence-electron chi connectivity index (χ1n) is 13.5. The molecule has 0 saturated heterocycles. The maximum atomic E-state index is 13.7. The van der Waals surface area contributed by atoms with Gasteiger partial charge in [-0.3, -0.25) is 4.57 Å². The number of ether oxygens (including phenoxy) is 4. The highest BCUT2D eigenvalue weighted by atomic mass is 32.1. The molecule has 0 N–H and O–H groups in total. The number of carbonyl (C=O) groups excluding carboxylic acids is 1. The van der Waals surface area contributed by atoms with Gasteiger partial charge >= 0.3 is 5.97 Å². The second-order valence-corrected chi connectivity index (χ2v) is 10.0. The van der Waals surface area contributed by atoms with Crippen molar-refractivity contribution in [2.45, 2.75) is 33.5 Å². The molecule has 2 aromatic heterocycles. The molecule has 5 aromatic rings. The van der Waals surface area contributed by atoms with Crippen LogP contribution in [0.25, 0.3) is 16.4 Å². The normalized spacial score (nSPS) is 10.8. The van der Waals surface area contributed by atoms with Crippen molar-refractivity contribution in [3.8, 4) is 33.6 Å². The molecule has 3 aromatic carbocycles. The Balaban J connectivity index is 1.75. The number of hydrogen-bond acceptors (Lipinski definition) is 7. The van der Waals surface area contributed by atoms with E-state index in [4.69, 9.17) is 23.9 Å². The highest BCUT2D eigenvalue weighted by molar-refractivity contribution is 7.13. The molecule has 0 bridgehead atoms. The van der Waals surface area contributed by atoms with Gasteiger partial charge in [0.1, 0.15) is 29.7 Å². The van der Waals surface area contributed by atoms with E-state index in [0.29, 0.717) is 28.0 Å².